The zero-order chi connectivity index (χ0) is 20.1. The molecule has 0 bridgehead atoms. The fourth-order valence-corrected chi connectivity index (χ4v) is 3.64. The van der Waals surface area contributed by atoms with Gasteiger partial charge in [-0.2, -0.15) is 0 Å². The van der Waals surface area contributed by atoms with E-state index in [0.717, 1.165) is 16.3 Å². The fraction of sp³-hybridized carbons (Fsp3) is 0.136. The van der Waals surface area contributed by atoms with Crippen molar-refractivity contribution in [1.29, 1.82) is 0 Å². The third-order valence-corrected chi connectivity index (χ3v) is 5.15. The van der Waals surface area contributed by atoms with Crippen molar-refractivity contribution in [2.75, 3.05) is 18.2 Å². The van der Waals surface area contributed by atoms with Crippen LogP contribution in [0.15, 0.2) is 76.4 Å². The van der Waals surface area contributed by atoms with Crippen LogP contribution in [-0.4, -0.2) is 29.0 Å². The molecule has 1 aromatic heterocycles. The number of benzene rings is 3. The molecule has 3 aromatic carbocycles. The van der Waals surface area contributed by atoms with Crippen LogP contribution in [-0.2, 0) is 4.79 Å². The van der Waals surface area contributed by atoms with Gasteiger partial charge in [-0.3, -0.25) is 4.79 Å². The lowest BCUT2D eigenvalue weighted by Gasteiger charge is -2.06. The van der Waals surface area contributed by atoms with Gasteiger partial charge in [-0.25, -0.2) is 0 Å². The Morgan fingerprint density at radius 2 is 1.90 bits per heavy atom. The van der Waals surface area contributed by atoms with Gasteiger partial charge in [0.2, 0.25) is 11.8 Å². The lowest BCUT2D eigenvalue weighted by Crippen LogP contribution is -2.12. The van der Waals surface area contributed by atoms with E-state index in [0.29, 0.717) is 34.7 Å². The van der Waals surface area contributed by atoms with Crippen LogP contribution in [0.25, 0.3) is 22.2 Å². The molecule has 6 nitrogen and oxygen atoms in total. The molecule has 1 N–H and O–H groups in total. The average Bonchev–Trinajstić information content (AvgIpc) is 3.22. The topological polar surface area (TPSA) is 77.2 Å². The van der Waals surface area contributed by atoms with Gasteiger partial charge in [0.05, 0.1) is 7.11 Å². The summed E-state index contributed by atoms with van der Waals surface area (Å²) in [5, 5.41) is 13.8. The minimum Gasteiger partial charge on any atom is -0.497 e. The number of carbonyl (C=O) groups excluding carboxylic acids is 1. The van der Waals surface area contributed by atoms with Crippen LogP contribution in [0.5, 0.6) is 5.75 Å². The molecule has 0 fully saturated rings. The molecular formula is C22H19N3O3S. The highest BCUT2D eigenvalue weighted by Crippen LogP contribution is 2.29. The molecule has 0 aliphatic rings. The molecule has 0 radical (unpaired) electrons. The molecule has 4 rings (SSSR count). The number of thioether (sulfide) groups is 1. The average molecular weight is 405 g/mol. The van der Waals surface area contributed by atoms with Crippen LogP contribution in [0.2, 0.25) is 0 Å². The first-order valence-corrected chi connectivity index (χ1v) is 10.1. The minimum atomic E-state index is -0.0838. The van der Waals surface area contributed by atoms with Crippen LogP contribution in [0.4, 0.5) is 5.69 Å². The van der Waals surface area contributed by atoms with Gasteiger partial charge in [0.25, 0.3) is 5.22 Å². The summed E-state index contributed by atoms with van der Waals surface area (Å²) in [5.41, 5.74) is 1.61. The number of carbonyl (C=O) groups is 1. The van der Waals surface area contributed by atoms with Crippen molar-refractivity contribution in [3.63, 3.8) is 0 Å². The lowest BCUT2D eigenvalue weighted by molar-refractivity contribution is -0.115. The fourth-order valence-electron chi connectivity index (χ4n) is 2.94. The molecule has 4 aromatic rings. The number of hydrogen-bond donors (Lipinski definition) is 1. The summed E-state index contributed by atoms with van der Waals surface area (Å²) < 4.78 is 11.0. The number of rotatable bonds is 7. The van der Waals surface area contributed by atoms with Crippen LogP contribution in [0, 0.1) is 0 Å². The third-order valence-electron chi connectivity index (χ3n) is 4.33. The molecule has 0 unspecified atom stereocenters. The maximum Gasteiger partial charge on any atom is 0.276 e. The van der Waals surface area contributed by atoms with Crippen LogP contribution < -0.4 is 10.1 Å². The predicted molar refractivity (Wildman–Crippen MR) is 114 cm³/mol. The monoisotopic (exact) mass is 405 g/mol. The molecule has 0 saturated heterocycles. The Kier molecular flexibility index (Phi) is 5.76. The highest BCUT2D eigenvalue weighted by molar-refractivity contribution is 7.99. The maximum atomic E-state index is 12.1. The highest BCUT2D eigenvalue weighted by atomic mass is 32.2. The Balaban J connectivity index is 1.35. The van der Waals surface area contributed by atoms with Crippen molar-refractivity contribution < 1.29 is 13.9 Å². The second-order valence-electron chi connectivity index (χ2n) is 6.28. The third kappa shape index (κ3) is 4.57. The summed E-state index contributed by atoms with van der Waals surface area (Å²) in [6, 6.07) is 21.3. The number of ether oxygens (including phenoxy) is 1. The number of amides is 1. The number of aromatic nitrogens is 2. The van der Waals surface area contributed by atoms with E-state index in [2.05, 4.69) is 15.5 Å². The Bertz CT molecular complexity index is 1140. The molecule has 0 saturated carbocycles. The van der Waals surface area contributed by atoms with Crippen molar-refractivity contribution >= 4 is 34.1 Å². The summed E-state index contributed by atoms with van der Waals surface area (Å²) in [4.78, 5) is 12.1. The van der Waals surface area contributed by atoms with E-state index in [4.69, 9.17) is 9.15 Å². The van der Waals surface area contributed by atoms with E-state index < -0.39 is 0 Å². The summed E-state index contributed by atoms with van der Waals surface area (Å²) in [6.45, 7) is 0. The summed E-state index contributed by atoms with van der Waals surface area (Å²) in [7, 11) is 1.59. The minimum absolute atomic E-state index is 0.0838. The van der Waals surface area contributed by atoms with Gasteiger partial charge in [0.15, 0.2) is 0 Å². The van der Waals surface area contributed by atoms with Gasteiger partial charge in [0, 0.05) is 29.5 Å². The Labute approximate surface area is 172 Å². The van der Waals surface area contributed by atoms with E-state index in [9.17, 15) is 4.79 Å². The van der Waals surface area contributed by atoms with Gasteiger partial charge < -0.3 is 14.5 Å². The lowest BCUT2D eigenvalue weighted by atomic mass is 10.0. The van der Waals surface area contributed by atoms with Crippen LogP contribution in [0.3, 0.4) is 0 Å². The zero-order valence-electron chi connectivity index (χ0n) is 15.8. The van der Waals surface area contributed by atoms with E-state index in [1.54, 1.807) is 13.2 Å². The second-order valence-corrected chi connectivity index (χ2v) is 7.32. The number of anilines is 1. The van der Waals surface area contributed by atoms with Crippen LogP contribution >= 0.6 is 11.8 Å². The quantitative estimate of drug-likeness (QED) is 0.435. The number of hydrogen-bond acceptors (Lipinski definition) is 6. The van der Waals surface area contributed by atoms with Crippen LogP contribution in [0.1, 0.15) is 6.42 Å². The van der Waals surface area contributed by atoms with Gasteiger partial charge in [0.1, 0.15) is 5.75 Å². The molecular weight excluding hydrogens is 386 g/mol. The van der Waals surface area contributed by atoms with Crippen molar-refractivity contribution in [2.45, 2.75) is 11.6 Å². The first-order valence-electron chi connectivity index (χ1n) is 9.11. The molecule has 1 heterocycles. The van der Waals surface area contributed by atoms with Crippen molar-refractivity contribution in [3.8, 4) is 17.2 Å². The Morgan fingerprint density at radius 3 is 2.79 bits per heavy atom. The summed E-state index contributed by atoms with van der Waals surface area (Å²) in [5.74, 6) is 1.63. The van der Waals surface area contributed by atoms with Gasteiger partial charge >= 0.3 is 0 Å². The zero-order valence-corrected chi connectivity index (χ0v) is 16.6. The number of fused-ring (bicyclic) bond motifs is 1. The highest BCUT2D eigenvalue weighted by Gasteiger charge is 2.12. The van der Waals surface area contributed by atoms with Crippen molar-refractivity contribution in [2.24, 2.45) is 0 Å². The number of methoxy groups -OCH3 is 1. The van der Waals surface area contributed by atoms with E-state index in [-0.39, 0.29) is 5.91 Å². The standard InChI is InChI=1S/C22H19N3O3S/c1-27-17-9-5-8-16(14-17)23-20(26)12-13-29-22-25-24-21(28-22)19-11-4-7-15-6-2-3-10-18(15)19/h2-11,14H,12-13H2,1H3,(H,23,26). The molecule has 1 amide bonds. The van der Waals surface area contributed by atoms with E-state index >= 15 is 0 Å². The molecule has 0 aliphatic heterocycles. The Hall–Kier alpha value is -3.32. The molecule has 7 heteroatoms. The smallest absolute Gasteiger partial charge is 0.276 e. The molecule has 29 heavy (non-hydrogen) atoms. The predicted octanol–water partition coefficient (Wildman–Crippen LogP) is 5.02. The van der Waals surface area contributed by atoms with E-state index in [1.165, 1.54) is 11.8 Å². The molecule has 0 atom stereocenters. The summed E-state index contributed by atoms with van der Waals surface area (Å²) in [6.07, 6.45) is 0.327. The summed E-state index contributed by atoms with van der Waals surface area (Å²) >= 11 is 1.36. The second kappa shape index (κ2) is 8.79. The van der Waals surface area contributed by atoms with E-state index in [1.807, 2.05) is 60.7 Å². The first-order chi connectivity index (χ1) is 14.2. The number of nitrogens with one attached hydrogen (secondary N) is 1. The molecule has 0 spiro atoms. The largest absolute Gasteiger partial charge is 0.497 e. The van der Waals surface area contributed by atoms with Gasteiger partial charge in [-0.05, 0) is 29.0 Å². The first kappa shape index (κ1) is 19.0. The Morgan fingerprint density at radius 1 is 1.07 bits per heavy atom. The maximum absolute atomic E-state index is 12.1. The molecule has 0 aliphatic carbocycles. The normalized spacial score (nSPS) is 10.8. The SMILES string of the molecule is COc1cccc(NC(=O)CCSc2nnc(-c3cccc4ccccc34)o2)c1. The van der Waals surface area contributed by atoms with Crippen molar-refractivity contribution in [3.05, 3.63) is 66.7 Å². The van der Waals surface area contributed by atoms with Crippen molar-refractivity contribution in [1.82, 2.24) is 10.2 Å². The van der Waals surface area contributed by atoms with Gasteiger partial charge in [-0.15, -0.1) is 10.2 Å². The number of nitrogens with zero attached hydrogens (tertiary/aromatic N) is 2. The van der Waals surface area contributed by atoms with Gasteiger partial charge in [-0.1, -0.05) is 54.2 Å². The molecule has 146 valence electrons.